The van der Waals surface area contributed by atoms with Crippen molar-refractivity contribution in [2.45, 2.75) is 51.6 Å². The zero-order valence-electron chi connectivity index (χ0n) is 14.8. The first-order chi connectivity index (χ1) is 12.0. The summed E-state index contributed by atoms with van der Waals surface area (Å²) < 4.78 is 5.73. The van der Waals surface area contributed by atoms with Crippen LogP contribution in [0.5, 0.6) is 5.75 Å². The van der Waals surface area contributed by atoms with Crippen molar-refractivity contribution in [3.63, 3.8) is 0 Å². The van der Waals surface area contributed by atoms with Gasteiger partial charge in [0.25, 0.3) is 5.91 Å². The normalized spacial score (nSPS) is 33.5. The molecule has 0 heterocycles. The Balaban J connectivity index is 1.32. The molecule has 4 nitrogen and oxygen atoms in total. The number of benzene rings is 1. The van der Waals surface area contributed by atoms with Gasteiger partial charge in [-0.15, -0.1) is 0 Å². The molecule has 132 valence electrons. The lowest BCUT2D eigenvalue weighted by atomic mass is 9.49. The molecule has 4 saturated carbocycles. The lowest BCUT2D eigenvalue weighted by Crippen LogP contribution is -2.52. The maximum atomic E-state index is 12.5. The van der Waals surface area contributed by atoms with Crippen LogP contribution >= 0.6 is 0 Å². The Morgan fingerprint density at radius 3 is 2.28 bits per heavy atom. The number of amides is 1. The molecular weight excluding hydrogens is 312 g/mol. The summed E-state index contributed by atoms with van der Waals surface area (Å²) in [5.74, 6) is 3.28. The van der Waals surface area contributed by atoms with Crippen molar-refractivity contribution < 1.29 is 9.53 Å². The second kappa shape index (κ2) is 6.37. The molecule has 4 aliphatic carbocycles. The number of nitriles is 1. The molecule has 1 amide bonds. The van der Waals surface area contributed by atoms with Gasteiger partial charge in [0.15, 0.2) is 6.10 Å². The molecule has 0 aliphatic heterocycles. The second-order valence-electron chi connectivity index (χ2n) is 8.53. The molecule has 0 unspecified atom stereocenters. The average molecular weight is 338 g/mol. The molecule has 1 atom stereocenters. The Labute approximate surface area is 149 Å². The lowest BCUT2D eigenvalue weighted by Gasteiger charge is -2.56. The highest BCUT2D eigenvalue weighted by Crippen LogP contribution is 2.59. The van der Waals surface area contributed by atoms with Crippen LogP contribution in [0.2, 0.25) is 0 Å². The Hall–Kier alpha value is -2.02. The molecule has 5 rings (SSSR count). The predicted molar refractivity (Wildman–Crippen MR) is 94.9 cm³/mol. The van der Waals surface area contributed by atoms with Crippen LogP contribution in [-0.2, 0) is 4.79 Å². The van der Waals surface area contributed by atoms with Gasteiger partial charge in [0, 0.05) is 6.54 Å². The van der Waals surface area contributed by atoms with E-state index in [1.54, 1.807) is 31.2 Å². The Morgan fingerprint density at radius 2 is 1.76 bits per heavy atom. The van der Waals surface area contributed by atoms with Crippen molar-refractivity contribution in [2.75, 3.05) is 6.54 Å². The molecule has 0 radical (unpaired) electrons. The van der Waals surface area contributed by atoms with E-state index < -0.39 is 6.10 Å². The van der Waals surface area contributed by atoms with Crippen molar-refractivity contribution in [1.29, 1.82) is 5.26 Å². The highest BCUT2D eigenvalue weighted by molar-refractivity contribution is 5.80. The highest BCUT2D eigenvalue weighted by atomic mass is 16.5. The number of nitrogens with zero attached hydrogens (tertiary/aromatic N) is 1. The Bertz CT molecular complexity index is 654. The first-order valence-corrected chi connectivity index (χ1v) is 9.50. The van der Waals surface area contributed by atoms with E-state index in [1.165, 1.54) is 38.5 Å². The van der Waals surface area contributed by atoms with E-state index in [1.807, 2.05) is 0 Å². The van der Waals surface area contributed by atoms with Gasteiger partial charge in [0.05, 0.1) is 11.6 Å². The van der Waals surface area contributed by atoms with Gasteiger partial charge in [-0.1, -0.05) is 0 Å². The number of hydrogen-bond acceptors (Lipinski definition) is 3. The number of hydrogen-bond donors (Lipinski definition) is 1. The van der Waals surface area contributed by atoms with Gasteiger partial charge in [0.2, 0.25) is 0 Å². The minimum absolute atomic E-state index is 0.0416. The van der Waals surface area contributed by atoms with Crippen molar-refractivity contribution in [3.8, 4) is 11.8 Å². The quantitative estimate of drug-likeness (QED) is 0.891. The van der Waals surface area contributed by atoms with Crippen molar-refractivity contribution >= 4 is 5.91 Å². The third-order valence-electron chi connectivity index (χ3n) is 6.47. The first kappa shape index (κ1) is 16.4. The number of rotatable bonds is 5. The third kappa shape index (κ3) is 3.38. The summed E-state index contributed by atoms with van der Waals surface area (Å²) in [5.41, 5.74) is 0.935. The molecule has 4 aliphatic rings. The van der Waals surface area contributed by atoms with E-state index in [9.17, 15) is 4.79 Å². The number of nitrogens with one attached hydrogen (secondary N) is 1. The number of carbonyl (C=O) groups excluding carboxylic acids is 1. The molecule has 4 bridgehead atoms. The molecule has 25 heavy (non-hydrogen) atoms. The molecular formula is C21H26N2O2. The van der Waals surface area contributed by atoms with Crippen LogP contribution in [0.1, 0.15) is 51.0 Å². The van der Waals surface area contributed by atoms with Gasteiger partial charge < -0.3 is 10.1 Å². The Morgan fingerprint density at radius 1 is 1.20 bits per heavy atom. The van der Waals surface area contributed by atoms with Gasteiger partial charge in [-0.05, 0) is 92.9 Å². The lowest BCUT2D eigenvalue weighted by molar-refractivity contribution is -0.129. The molecule has 1 aromatic carbocycles. The summed E-state index contributed by atoms with van der Waals surface area (Å²) in [5, 5.41) is 12.0. The van der Waals surface area contributed by atoms with Crippen molar-refractivity contribution in [1.82, 2.24) is 5.32 Å². The molecule has 0 aromatic heterocycles. The van der Waals surface area contributed by atoms with Gasteiger partial charge in [-0.25, -0.2) is 0 Å². The highest BCUT2D eigenvalue weighted by Gasteiger charge is 2.50. The molecule has 1 aromatic rings. The largest absolute Gasteiger partial charge is 0.481 e. The third-order valence-corrected chi connectivity index (χ3v) is 6.47. The smallest absolute Gasteiger partial charge is 0.260 e. The fraction of sp³-hybridized carbons (Fsp3) is 0.619. The molecule has 4 fully saturated rings. The second-order valence-corrected chi connectivity index (χ2v) is 8.53. The van der Waals surface area contributed by atoms with E-state index >= 15 is 0 Å². The van der Waals surface area contributed by atoms with Gasteiger partial charge >= 0.3 is 0 Å². The maximum Gasteiger partial charge on any atom is 0.260 e. The topological polar surface area (TPSA) is 62.1 Å². The summed E-state index contributed by atoms with van der Waals surface area (Å²) in [6, 6.07) is 8.96. The van der Waals surface area contributed by atoms with E-state index in [2.05, 4.69) is 11.4 Å². The maximum absolute atomic E-state index is 12.5. The van der Waals surface area contributed by atoms with E-state index in [0.29, 0.717) is 16.7 Å². The summed E-state index contributed by atoms with van der Waals surface area (Å²) in [7, 11) is 0. The first-order valence-electron chi connectivity index (χ1n) is 9.50. The van der Waals surface area contributed by atoms with Crippen LogP contribution in [-0.4, -0.2) is 18.6 Å². The minimum Gasteiger partial charge on any atom is -0.481 e. The summed E-state index contributed by atoms with van der Waals surface area (Å²) in [6.45, 7) is 2.59. The van der Waals surface area contributed by atoms with Gasteiger partial charge in [0.1, 0.15) is 5.75 Å². The zero-order chi connectivity index (χ0) is 17.4. The average Bonchev–Trinajstić information content (AvgIpc) is 2.59. The molecule has 1 N–H and O–H groups in total. The molecule has 0 saturated heterocycles. The SMILES string of the molecule is C[C@H](Oc1ccc(C#N)cc1)C(=O)NCC12CC3CC(CC(C3)C1)C2. The van der Waals surface area contributed by atoms with E-state index in [-0.39, 0.29) is 5.91 Å². The number of carbonyl (C=O) groups is 1. The van der Waals surface area contributed by atoms with Crippen LogP contribution < -0.4 is 10.1 Å². The summed E-state index contributed by atoms with van der Waals surface area (Å²) >= 11 is 0. The minimum atomic E-state index is -0.526. The number of ether oxygens (including phenoxy) is 1. The molecule has 4 heteroatoms. The zero-order valence-corrected chi connectivity index (χ0v) is 14.8. The fourth-order valence-corrected chi connectivity index (χ4v) is 5.79. The summed E-state index contributed by atoms with van der Waals surface area (Å²) in [6.07, 6.45) is 7.63. The monoisotopic (exact) mass is 338 g/mol. The fourth-order valence-electron chi connectivity index (χ4n) is 5.79. The van der Waals surface area contributed by atoms with Crippen LogP contribution in [0.4, 0.5) is 0 Å². The van der Waals surface area contributed by atoms with Crippen molar-refractivity contribution in [3.05, 3.63) is 29.8 Å². The summed E-state index contributed by atoms with van der Waals surface area (Å²) in [4.78, 5) is 12.5. The van der Waals surface area contributed by atoms with Gasteiger partial charge in [-0.3, -0.25) is 4.79 Å². The van der Waals surface area contributed by atoms with E-state index in [4.69, 9.17) is 10.00 Å². The standard InChI is InChI=1S/C21H26N2O2/c1-14(25-19-4-2-15(12-22)3-5-19)20(24)23-13-21-9-16-6-17(10-21)8-18(7-16)11-21/h2-5,14,16-18H,6-11,13H2,1H3,(H,23,24)/t14-,16?,17?,18?,21?/m0/s1. The predicted octanol–water partition coefficient (Wildman–Crippen LogP) is 3.66. The van der Waals surface area contributed by atoms with Crippen LogP contribution in [0.3, 0.4) is 0 Å². The Kier molecular flexibility index (Phi) is 4.19. The van der Waals surface area contributed by atoms with Crippen molar-refractivity contribution in [2.24, 2.45) is 23.2 Å². The van der Waals surface area contributed by atoms with Crippen LogP contribution in [0, 0.1) is 34.5 Å². The van der Waals surface area contributed by atoms with E-state index in [0.717, 1.165) is 24.3 Å². The van der Waals surface area contributed by atoms with Gasteiger partial charge in [-0.2, -0.15) is 5.26 Å². The van der Waals surface area contributed by atoms with Crippen LogP contribution in [0.25, 0.3) is 0 Å². The van der Waals surface area contributed by atoms with Crippen LogP contribution in [0.15, 0.2) is 24.3 Å². The molecule has 0 spiro atoms.